The maximum Gasteiger partial charge on any atom is 0.265 e. The highest BCUT2D eigenvalue weighted by molar-refractivity contribution is 6.31. The number of nitrogens with zero attached hydrogens (tertiary/aromatic N) is 1. The predicted molar refractivity (Wildman–Crippen MR) is 71.4 cm³/mol. The van der Waals surface area contributed by atoms with Crippen LogP contribution in [0.25, 0.3) is 0 Å². The first-order chi connectivity index (χ1) is 8.74. The lowest BCUT2D eigenvalue weighted by Crippen LogP contribution is -2.09. The Morgan fingerprint density at radius 3 is 2.94 bits per heavy atom. The lowest BCUT2D eigenvalue weighted by atomic mass is 10.1. The number of H-pyrrole nitrogens is 1. The fourth-order valence-electron chi connectivity index (χ4n) is 1.94. The van der Waals surface area contributed by atoms with Crippen molar-refractivity contribution in [1.29, 1.82) is 0 Å². The summed E-state index contributed by atoms with van der Waals surface area (Å²) in [5.41, 5.74) is 3.11. The van der Waals surface area contributed by atoms with E-state index in [1.54, 1.807) is 12.3 Å². The van der Waals surface area contributed by atoms with Crippen molar-refractivity contribution in [3.8, 4) is 0 Å². The van der Waals surface area contributed by atoms with Crippen molar-refractivity contribution in [3.05, 3.63) is 52.8 Å². The van der Waals surface area contributed by atoms with Gasteiger partial charge in [-0.2, -0.15) is 0 Å². The van der Waals surface area contributed by atoms with Gasteiger partial charge in [0.25, 0.3) is 5.91 Å². The van der Waals surface area contributed by atoms with Crippen LogP contribution < -0.4 is 5.32 Å². The van der Waals surface area contributed by atoms with E-state index in [0.717, 1.165) is 16.9 Å². The second kappa shape index (κ2) is 4.31. The van der Waals surface area contributed by atoms with Gasteiger partial charge in [0.15, 0.2) is 0 Å². The van der Waals surface area contributed by atoms with E-state index in [2.05, 4.69) is 15.3 Å². The molecule has 0 spiro atoms. The molecule has 0 saturated heterocycles. The number of aromatic amines is 1. The fourth-order valence-corrected chi connectivity index (χ4v) is 2.12. The zero-order valence-corrected chi connectivity index (χ0v) is 10.2. The summed E-state index contributed by atoms with van der Waals surface area (Å²) in [5, 5.41) is 3.67. The lowest BCUT2D eigenvalue weighted by Gasteiger charge is -2.09. The highest BCUT2D eigenvalue weighted by atomic mass is 35.5. The van der Waals surface area contributed by atoms with E-state index in [0.29, 0.717) is 10.7 Å². The molecule has 5 heteroatoms. The molecule has 2 heterocycles. The van der Waals surface area contributed by atoms with E-state index in [1.807, 2.05) is 24.3 Å². The maximum atomic E-state index is 11.6. The molecule has 0 aliphatic carbocycles. The van der Waals surface area contributed by atoms with Crippen LogP contribution in [0.5, 0.6) is 0 Å². The third-order valence-corrected chi connectivity index (χ3v) is 2.99. The second-order valence-electron chi connectivity index (χ2n) is 3.98. The molecule has 1 aliphatic heterocycles. The van der Waals surface area contributed by atoms with Gasteiger partial charge in [-0.1, -0.05) is 11.6 Å². The zero-order chi connectivity index (χ0) is 12.5. The van der Waals surface area contributed by atoms with Gasteiger partial charge in [0, 0.05) is 22.5 Å². The summed E-state index contributed by atoms with van der Waals surface area (Å²) in [5.74, 6) is -0.202. The molecule has 2 N–H and O–H groups in total. The Balaban J connectivity index is 2.22. The number of amides is 1. The monoisotopic (exact) mass is 259 g/mol. The van der Waals surface area contributed by atoms with Gasteiger partial charge in [0.2, 0.25) is 0 Å². The highest BCUT2D eigenvalue weighted by Gasteiger charge is 2.18. The molecule has 0 bridgehead atoms. The van der Waals surface area contributed by atoms with E-state index in [1.165, 1.54) is 0 Å². The molecule has 0 radical (unpaired) electrons. The molecule has 0 atom stereocenters. The second-order valence-corrected chi connectivity index (χ2v) is 4.42. The number of aliphatic imine (C=N–C) groups is 1. The lowest BCUT2D eigenvalue weighted by molar-refractivity contribution is -0.116. The minimum atomic E-state index is -0.202. The van der Waals surface area contributed by atoms with Crippen LogP contribution in [-0.4, -0.2) is 23.1 Å². The zero-order valence-electron chi connectivity index (χ0n) is 9.40. The molecular weight excluding hydrogens is 250 g/mol. The summed E-state index contributed by atoms with van der Waals surface area (Å²) in [7, 11) is 0. The summed E-state index contributed by atoms with van der Waals surface area (Å²) < 4.78 is 0. The molecule has 0 unspecified atom stereocenters. The summed E-state index contributed by atoms with van der Waals surface area (Å²) in [6.45, 7) is 0.193. The minimum absolute atomic E-state index is 0.193. The molecule has 3 rings (SSSR count). The molecule has 1 aromatic carbocycles. The van der Waals surface area contributed by atoms with Crippen LogP contribution in [0.15, 0.2) is 41.5 Å². The Kier molecular flexibility index (Phi) is 2.64. The number of carbonyl (C=O) groups is 1. The maximum absolute atomic E-state index is 11.6. The molecule has 1 aromatic heterocycles. The Bertz CT molecular complexity index is 632. The van der Waals surface area contributed by atoms with Gasteiger partial charge in [-0.15, -0.1) is 0 Å². The van der Waals surface area contributed by atoms with Crippen molar-refractivity contribution in [2.24, 2.45) is 4.99 Å². The number of aromatic nitrogens is 1. The van der Waals surface area contributed by atoms with E-state index in [9.17, 15) is 4.79 Å². The topological polar surface area (TPSA) is 57.2 Å². The van der Waals surface area contributed by atoms with Crippen molar-refractivity contribution >= 4 is 28.9 Å². The molecule has 2 aromatic rings. The van der Waals surface area contributed by atoms with E-state index in [-0.39, 0.29) is 12.5 Å². The average molecular weight is 260 g/mol. The smallest absolute Gasteiger partial charge is 0.265 e. The fraction of sp³-hybridized carbons (Fsp3) is 0.0769. The first-order valence-corrected chi connectivity index (χ1v) is 5.91. The number of nitrogens with one attached hydrogen (secondary N) is 2. The van der Waals surface area contributed by atoms with Gasteiger partial charge in [0.1, 0.15) is 0 Å². The molecule has 1 amide bonds. The minimum Gasteiger partial charge on any atom is -0.376 e. The van der Waals surface area contributed by atoms with E-state index in [4.69, 9.17) is 11.6 Å². The predicted octanol–water partition coefficient (Wildman–Crippen LogP) is 2.46. The number of hydrogen-bond donors (Lipinski definition) is 2. The van der Waals surface area contributed by atoms with Crippen LogP contribution in [0, 0.1) is 0 Å². The van der Waals surface area contributed by atoms with Crippen molar-refractivity contribution in [1.82, 2.24) is 4.98 Å². The Labute approximate surface area is 109 Å². The Morgan fingerprint density at radius 2 is 2.17 bits per heavy atom. The molecule has 1 aliphatic rings. The van der Waals surface area contributed by atoms with Gasteiger partial charge in [-0.05, 0) is 30.3 Å². The quantitative estimate of drug-likeness (QED) is 0.827. The Hall–Kier alpha value is -2.07. The van der Waals surface area contributed by atoms with Crippen LogP contribution in [0.3, 0.4) is 0 Å². The third-order valence-electron chi connectivity index (χ3n) is 2.76. The first kappa shape index (κ1) is 11.0. The van der Waals surface area contributed by atoms with Crippen LogP contribution in [0.4, 0.5) is 5.69 Å². The number of hydrogen-bond acceptors (Lipinski definition) is 2. The number of halogens is 1. The van der Waals surface area contributed by atoms with Crippen molar-refractivity contribution in [3.63, 3.8) is 0 Å². The Morgan fingerprint density at radius 1 is 1.28 bits per heavy atom. The van der Waals surface area contributed by atoms with Gasteiger partial charge >= 0.3 is 0 Å². The number of benzene rings is 1. The summed E-state index contributed by atoms with van der Waals surface area (Å²) in [6, 6.07) is 9.19. The van der Waals surface area contributed by atoms with E-state index < -0.39 is 0 Å². The molecule has 4 nitrogen and oxygen atoms in total. The number of rotatable bonds is 1. The number of carbonyl (C=O) groups excluding carboxylic acids is 1. The van der Waals surface area contributed by atoms with Crippen LogP contribution >= 0.6 is 11.6 Å². The number of fused-ring (bicyclic) bond motifs is 1. The van der Waals surface area contributed by atoms with Gasteiger partial charge in [-0.3, -0.25) is 4.79 Å². The standard InChI is InChI=1S/C13H10ClN3O/c14-8-3-4-10-9(6-8)13(11-2-1-5-15-11)17-12(18)7-16-10/h1-6,15-16H,7H2. The highest BCUT2D eigenvalue weighted by Crippen LogP contribution is 2.25. The first-order valence-electron chi connectivity index (χ1n) is 5.53. The number of anilines is 1. The molecule has 18 heavy (non-hydrogen) atoms. The van der Waals surface area contributed by atoms with Crippen LogP contribution in [-0.2, 0) is 4.79 Å². The average Bonchev–Trinajstić information content (AvgIpc) is 2.83. The van der Waals surface area contributed by atoms with Crippen LogP contribution in [0.1, 0.15) is 11.3 Å². The summed E-state index contributed by atoms with van der Waals surface area (Å²) >= 11 is 6.02. The summed E-state index contributed by atoms with van der Waals surface area (Å²) in [4.78, 5) is 18.8. The van der Waals surface area contributed by atoms with Gasteiger partial charge in [-0.25, -0.2) is 4.99 Å². The van der Waals surface area contributed by atoms with Gasteiger partial charge in [0.05, 0.1) is 18.0 Å². The van der Waals surface area contributed by atoms with Crippen molar-refractivity contribution in [2.45, 2.75) is 0 Å². The van der Waals surface area contributed by atoms with E-state index >= 15 is 0 Å². The molecule has 0 fully saturated rings. The van der Waals surface area contributed by atoms with Gasteiger partial charge < -0.3 is 10.3 Å². The largest absolute Gasteiger partial charge is 0.376 e. The normalized spacial score (nSPS) is 14.5. The van der Waals surface area contributed by atoms with Crippen molar-refractivity contribution < 1.29 is 4.79 Å². The van der Waals surface area contributed by atoms with Crippen molar-refractivity contribution in [2.75, 3.05) is 11.9 Å². The third kappa shape index (κ3) is 1.91. The van der Waals surface area contributed by atoms with Crippen LogP contribution in [0.2, 0.25) is 5.02 Å². The molecular formula is C13H10ClN3O. The molecule has 0 saturated carbocycles. The summed E-state index contributed by atoms with van der Waals surface area (Å²) in [6.07, 6.45) is 1.80. The number of benzodiazepines with no additional fused rings is 1. The molecule has 90 valence electrons. The SMILES string of the molecule is O=C1CNc2ccc(Cl)cc2C(c2ccc[nH]2)=N1.